The number of benzene rings is 2. The fourth-order valence-corrected chi connectivity index (χ4v) is 3.35. The van der Waals surface area contributed by atoms with Crippen LogP contribution in [-0.2, 0) is 9.59 Å². The molecule has 0 aliphatic heterocycles. The third kappa shape index (κ3) is 9.03. The molecule has 2 N–H and O–H groups in total. The van der Waals surface area contributed by atoms with Crippen molar-refractivity contribution in [3.05, 3.63) is 78.4 Å². The molecule has 1 saturated carbocycles. The van der Waals surface area contributed by atoms with E-state index in [9.17, 15) is 9.59 Å². The minimum absolute atomic E-state index is 0.284. The van der Waals surface area contributed by atoms with Crippen LogP contribution in [0.25, 0.3) is 0 Å². The van der Waals surface area contributed by atoms with Gasteiger partial charge in [-0.3, -0.25) is 9.59 Å². The van der Waals surface area contributed by atoms with Crippen LogP contribution in [0.4, 0.5) is 0 Å². The van der Waals surface area contributed by atoms with Crippen LogP contribution in [0.1, 0.15) is 56.4 Å². The average molecular weight is 392 g/mol. The average Bonchev–Trinajstić information content (AvgIpc) is 2.76. The zero-order valence-electron chi connectivity index (χ0n) is 16.7. The van der Waals surface area contributed by atoms with E-state index in [0.717, 1.165) is 38.5 Å². The molecule has 0 aromatic heterocycles. The first-order valence-corrected chi connectivity index (χ1v) is 10.2. The highest BCUT2D eigenvalue weighted by Gasteiger charge is 2.20. The van der Waals surface area contributed by atoms with Crippen LogP contribution >= 0.6 is 0 Å². The topological polar surface area (TPSA) is 74.6 Å². The van der Waals surface area contributed by atoms with Crippen molar-refractivity contribution in [2.24, 2.45) is 0 Å². The van der Waals surface area contributed by atoms with E-state index in [1.807, 2.05) is 18.2 Å². The van der Waals surface area contributed by atoms with Crippen molar-refractivity contribution in [1.82, 2.24) is 0 Å². The molecule has 5 heteroatoms. The Morgan fingerprint density at radius 2 is 1.48 bits per heavy atom. The van der Waals surface area contributed by atoms with Crippen molar-refractivity contribution >= 4 is 24.1 Å². The number of hydrogen-bond donors (Lipinski definition) is 2. The molecule has 152 valence electrons. The summed E-state index contributed by atoms with van der Waals surface area (Å²) in [5, 5.41) is 17.2. The normalized spacial score (nSPS) is 18.1. The van der Waals surface area contributed by atoms with Gasteiger partial charge in [-0.15, -0.1) is 0 Å². The first kappa shape index (κ1) is 22.8. The first-order chi connectivity index (χ1) is 14.1. The molecule has 2 aromatic carbocycles. The number of ketones is 2. The van der Waals surface area contributed by atoms with Gasteiger partial charge in [0, 0.05) is 19.3 Å². The van der Waals surface area contributed by atoms with Gasteiger partial charge >= 0.3 is 7.12 Å². The van der Waals surface area contributed by atoms with Gasteiger partial charge in [-0.2, -0.15) is 0 Å². The summed E-state index contributed by atoms with van der Waals surface area (Å²) in [4.78, 5) is 21.6. The van der Waals surface area contributed by atoms with Gasteiger partial charge in [-0.1, -0.05) is 66.7 Å². The molecular formula is C24H29BO4. The summed E-state index contributed by atoms with van der Waals surface area (Å²) < 4.78 is 0. The Morgan fingerprint density at radius 3 is 1.93 bits per heavy atom. The Bertz CT molecular complexity index is 772. The standard InChI is InChI=1S/C12H14O.C6H7BO2.C6H8O/c13-12-8-4-7-11(9-12)10-5-2-1-3-6-10;8-7(9)6-4-2-1-3-5-6;7-6-4-2-1-3-5-6/h1-3,5-6,11H,4,7-9H2;1-5,8-9H;2,4H,1,3,5H2/t11-;;/m1../s1. The smallest absolute Gasteiger partial charge is 0.423 e. The van der Waals surface area contributed by atoms with Crippen molar-refractivity contribution in [2.75, 3.05) is 0 Å². The van der Waals surface area contributed by atoms with E-state index >= 15 is 0 Å². The lowest BCUT2D eigenvalue weighted by molar-refractivity contribution is -0.120. The summed E-state index contributed by atoms with van der Waals surface area (Å²) in [6, 6.07) is 19.0. The van der Waals surface area contributed by atoms with Crippen LogP contribution in [0.15, 0.2) is 72.8 Å². The summed E-state index contributed by atoms with van der Waals surface area (Å²) >= 11 is 0. The lowest BCUT2D eigenvalue weighted by Gasteiger charge is -2.20. The van der Waals surface area contributed by atoms with Crippen LogP contribution in [-0.4, -0.2) is 28.7 Å². The number of Topliss-reactive ketones (excluding diaryl/α,β-unsaturated/α-hetero) is 1. The molecule has 29 heavy (non-hydrogen) atoms. The van der Waals surface area contributed by atoms with Crippen LogP contribution < -0.4 is 5.46 Å². The van der Waals surface area contributed by atoms with E-state index in [0.29, 0.717) is 17.2 Å². The summed E-state index contributed by atoms with van der Waals surface area (Å²) in [7, 11) is -1.34. The highest BCUT2D eigenvalue weighted by Crippen LogP contribution is 2.30. The van der Waals surface area contributed by atoms with Gasteiger partial charge in [-0.25, -0.2) is 0 Å². The SMILES string of the molecule is O=C1C=CCCC1.O=C1CCC[C@@H](c2ccccc2)C1.OB(O)c1ccccc1. The number of allylic oxidation sites excluding steroid dienone is 2. The molecule has 1 atom stereocenters. The molecule has 1 fully saturated rings. The molecule has 0 spiro atoms. The predicted octanol–water partition coefficient (Wildman–Crippen LogP) is 3.58. The molecule has 0 radical (unpaired) electrons. The Balaban J connectivity index is 0.000000164. The molecule has 2 aromatic rings. The van der Waals surface area contributed by atoms with Crippen molar-refractivity contribution < 1.29 is 19.6 Å². The van der Waals surface area contributed by atoms with Crippen molar-refractivity contribution in [2.45, 2.75) is 50.9 Å². The highest BCUT2D eigenvalue weighted by atomic mass is 16.4. The Kier molecular flexibility index (Phi) is 10.1. The van der Waals surface area contributed by atoms with Gasteiger partial charge in [-0.05, 0) is 48.7 Å². The summed E-state index contributed by atoms with van der Waals surface area (Å²) in [5.41, 5.74) is 1.85. The number of rotatable bonds is 2. The number of carbonyl (C=O) groups is 2. The molecule has 4 nitrogen and oxygen atoms in total. The molecule has 0 amide bonds. The molecule has 2 aliphatic rings. The number of hydrogen-bond acceptors (Lipinski definition) is 4. The molecular weight excluding hydrogens is 363 g/mol. The highest BCUT2D eigenvalue weighted by molar-refractivity contribution is 6.58. The monoisotopic (exact) mass is 392 g/mol. The summed E-state index contributed by atoms with van der Waals surface area (Å²) in [5.74, 6) is 1.20. The number of carbonyl (C=O) groups excluding carboxylic acids is 2. The summed E-state index contributed by atoms with van der Waals surface area (Å²) in [6.45, 7) is 0. The zero-order valence-corrected chi connectivity index (χ0v) is 16.7. The zero-order chi connectivity index (χ0) is 20.9. The van der Waals surface area contributed by atoms with Crippen LogP contribution in [0.5, 0.6) is 0 Å². The lowest BCUT2D eigenvalue weighted by Crippen LogP contribution is -2.29. The molecule has 0 heterocycles. The third-order valence-electron chi connectivity index (χ3n) is 4.95. The van der Waals surface area contributed by atoms with E-state index in [-0.39, 0.29) is 5.78 Å². The minimum atomic E-state index is -1.34. The quantitative estimate of drug-likeness (QED) is 0.767. The van der Waals surface area contributed by atoms with Gasteiger partial charge in [0.1, 0.15) is 5.78 Å². The van der Waals surface area contributed by atoms with Crippen LogP contribution in [0, 0.1) is 0 Å². The van der Waals surface area contributed by atoms with Crippen LogP contribution in [0.3, 0.4) is 0 Å². The van der Waals surface area contributed by atoms with E-state index in [1.165, 1.54) is 12.0 Å². The minimum Gasteiger partial charge on any atom is -0.423 e. The maximum Gasteiger partial charge on any atom is 0.488 e. The second-order valence-corrected chi connectivity index (χ2v) is 7.29. The van der Waals surface area contributed by atoms with E-state index in [4.69, 9.17) is 10.0 Å². The van der Waals surface area contributed by atoms with Gasteiger partial charge in [0.2, 0.25) is 0 Å². The Labute approximate surface area is 173 Å². The maximum absolute atomic E-state index is 11.2. The fourth-order valence-electron chi connectivity index (χ4n) is 3.35. The first-order valence-electron chi connectivity index (χ1n) is 10.2. The molecule has 0 unspecified atom stereocenters. The fraction of sp³-hybridized carbons (Fsp3) is 0.333. The summed E-state index contributed by atoms with van der Waals surface area (Å²) in [6.07, 6.45) is 10.3. The molecule has 0 bridgehead atoms. The van der Waals surface area contributed by atoms with E-state index in [2.05, 4.69) is 24.3 Å². The largest absolute Gasteiger partial charge is 0.488 e. The van der Waals surface area contributed by atoms with Crippen LogP contribution in [0.2, 0.25) is 0 Å². The van der Waals surface area contributed by atoms with E-state index < -0.39 is 7.12 Å². The van der Waals surface area contributed by atoms with Crippen molar-refractivity contribution in [1.29, 1.82) is 0 Å². The second kappa shape index (κ2) is 12.9. The maximum atomic E-state index is 11.2. The second-order valence-electron chi connectivity index (χ2n) is 7.29. The molecule has 4 rings (SSSR count). The molecule has 2 aliphatic carbocycles. The van der Waals surface area contributed by atoms with Crippen molar-refractivity contribution in [3.8, 4) is 0 Å². The Hall–Kier alpha value is -2.50. The predicted molar refractivity (Wildman–Crippen MR) is 117 cm³/mol. The Morgan fingerprint density at radius 1 is 0.828 bits per heavy atom. The van der Waals surface area contributed by atoms with E-state index in [1.54, 1.807) is 30.3 Å². The van der Waals surface area contributed by atoms with Crippen molar-refractivity contribution in [3.63, 3.8) is 0 Å². The van der Waals surface area contributed by atoms with Gasteiger partial charge in [0.15, 0.2) is 5.78 Å². The molecule has 0 saturated heterocycles. The van der Waals surface area contributed by atoms with Gasteiger partial charge in [0.25, 0.3) is 0 Å². The lowest BCUT2D eigenvalue weighted by atomic mass is 9.81. The van der Waals surface area contributed by atoms with Gasteiger partial charge < -0.3 is 10.0 Å². The van der Waals surface area contributed by atoms with Gasteiger partial charge in [0.05, 0.1) is 0 Å². The third-order valence-corrected chi connectivity index (χ3v) is 4.95.